The highest BCUT2D eigenvalue weighted by Crippen LogP contribution is 2.36. The first-order valence-electron chi connectivity index (χ1n) is 7.54. The highest BCUT2D eigenvalue weighted by Gasteiger charge is 2.43. The molecule has 2 unspecified atom stereocenters. The molecule has 2 fully saturated rings. The SMILES string of the molecule is CC1CCCCC1N(C)C1(CN)CCS(=O)(=O)CC1. The summed E-state index contributed by atoms with van der Waals surface area (Å²) in [5.41, 5.74) is 5.95. The zero-order valence-electron chi connectivity index (χ0n) is 12.3. The molecular weight excluding hydrogens is 260 g/mol. The van der Waals surface area contributed by atoms with Gasteiger partial charge < -0.3 is 5.73 Å². The first-order chi connectivity index (χ1) is 8.90. The molecule has 1 saturated carbocycles. The summed E-state index contributed by atoms with van der Waals surface area (Å²) >= 11 is 0. The average Bonchev–Trinajstić information content (AvgIpc) is 2.39. The molecule has 112 valence electrons. The Labute approximate surface area is 117 Å². The number of likely N-dealkylation sites (N-methyl/N-ethyl adjacent to an activating group) is 1. The normalized spacial score (nSPS) is 34.3. The van der Waals surface area contributed by atoms with Gasteiger partial charge in [0.25, 0.3) is 0 Å². The Hall–Kier alpha value is -0.130. The van der Waals surface area contributed by atoms with Crippen LogP contribution in [-0.2, 0) is 9.84 Å². The van der Waals surface area contributed by atoms with Crippen LogP contribution in [0, 0.1) is 5.92 Å². The van der Waals surface area contributed by atoms with Gasteiger partial charge in [0.05, 0.1) is 11.5 Å². The van der Waals surface area contributed by atoms with Crippen molar-refractivity contribution in [2.75, 3.05) is 25.1 Å². The molecule has 2 N–H and O–H groups in total. The van der Waals surface area contributed by atoms with E-state index in [1.54, 1.807) is 0 Å². The maximum atomic E-state index is 11.7. The lowest BCUT2D eigenvalue weighted by atomic mass is 9.80. The molecule has 2 aliphatic rings. The summed E-state index contributed by atoms with van der Waals surface area (Å²) in [6, 6.07) is 0.568. The van der Waals surface area contributed by atoms with Crippen molar-refractivity contribution >= 4 is 9.84 Å². The van der Waals surface area contributed by atoms with Crippen molar-refractivity contribution in [3.63, 3.8) is 0 Å². The summed E-state index contributed by atoms with van der Waals surface area (Å²) in [6.07, 6.45) is 6.53. The second-order valence-electron chi connectivity index (χ2n) is 6.52. The van der Waals surface area contributed by atoms with Crippen LogP contribution in [0.15, 0.2) is 0 Å². The Kier molecular flexibility index (Phi) is 4.58. The number of nitrogens with two attached hydrogens (primary N) is 1. The van der Waals surface area contributed by atoms with Gasteiger partial charge in [-0.15, -0.1) is 0 Å². The number of hydrogen-bond acceptors (Lipinski definition) is 4. The molecule has 0 radical (unpaired) electrons. The first kappa shape index (κ1) is 15.3. The molecule has 19 heavy (non-hydrogen) atoms. The molecule has 0 amide bonds. The highest BCUT2D eigenvalue weighted by molar-refractivity contribution is 7.91. The monoisotopic (exact) mass is 288 g/mol. The summed E-state index contributed by atoms with van der Waals surface area (Å²) in [6.45, 7) is 2.90. The molecule has 1 aliphatic carbocycles. The van der Waals surface area contributed by atoms with Crippen molar-refractivity contribution in [1.29, 1.82) is 0 Å². The van der Waals surface area contributed by atoms with E-state index in [9.17, 15) is 8.42 Å². The van der Waals surface area contributed by atoms with Crippen LogP contribution in [0.3, 0.4) is 0 Å². The molecule has 1 heterocycles. The van der Waals surface area contributed by atoms with Crippen LogP contribution >= 0.6 is 0 Å². The van der Waals surface area contributed by atoms with Crippen molar-refractivity contribution in [3.05, 3.63) is 0 Å². The van der Waals surface area contributed by atoms with Gasteiger partial charge >= 0.3 is 0 Å². The molecule has 2 atom stereocenters. The second-order valence-corrected chi connectivity index (χ2v) is 8.82. The van der Waals surface area contributed by atoms with Crippen molar-refractivity contribution in [3.8, 4) is 0 Å². The van der Waals surface area contributed by atoms with Crippen molar-refractivity contribution in [2.24, 2.45) is 11.7 Å². The fourth-order valence-corrected chi connectivity index (χ4v) is 5.43. The molecule has 0 bridgehead atoms. The predicted molar refractivity (Wildman–Crippen MR) is 78.9 cm³/mol. The van der Waals surface area contributed by atoms with Crippen LogP contribution in [0.1, 0.15) is 45.4 Å². The van der Waals surface area contributed by atoms with Gasteiger partial charge in [-0.3, -0.25) is 4.90 Å². The molecule has 0 spiro atoms. The van der Waals surface area contributed by atoms with Gasteiger partial charge in [-0.2, -0.15) is 0 Å². The Morgan fingerprint density at radius 3 is 2.32 bits per heavy atom. The lowest BCUT2D eigenvalue weighted by Crippen LogP contribution is -2.60. The summed E-state index contributed by atoms with van der Waals surface area (Å²) < 4.78 is 23.3. The van der Waals surface area contributed by atoms with Crippen LogP contribution in [-0.4, -0.2) is 50.0 Å². The molecule has 2 rings (SSSR count). The number of hydrogen-bond donors (Lipinski definition) is 1. The predicted octanol–water partition coefficient (Wildman–Crippen LogP) is 1.40. The Balaban J connectivity index is 2.12. The molecule has 0 aromatic heterocycles. The molecule has 0 aromatic carbocycles. The topological polar surface area (TPSA) is 63.4 Å². The third kappa shape index (κ3) is 3.14. The summed E-state index contributed by atoms with van der Waals surface area (Å²) in [5, 5.41) is 0. The second kappa shape index (κ2) is 5.70. The summed E-state index contributed by atoms with van der Waals surface area (Å²) in [4.78, 5) is 2.44. The highest BCUT2D eigenvalue weighted by atomic mass is 32.2. The zero-order valence-corrected chi connectivity index (χ0v) is 13.1. The Morgan fingerprint density at radius 1 is 1.21 bits per heavy atom. The van der Waals surface area contributed by atoms with Gasteiger partial charge in [-0.25, -0.2) is 8.42 Å². The number of sulfone groups is 1. The van der Waals surface area contributed by atoms with E-state index >= 15 is 0 Å². The fourth-order valence-electron chi connectivity index (χ4n) is 3.84. The van der Waals surface area contributed by atoms with Crippen LogP contribution in [0.5, 0.6) is 0 Å². The largest absolute Gasteiger partial charge is 0.329 e. The van der Waals surface area contributed by atoms with Crippen LogP contribution < -0.4 is 5.73 Å². The standard InChI is InChI=1S/C14H28N2O2S/c1-12-5-3-4-6-13(12)16(2)14(11-15)7-9-19(17,18)10-8-14/h12-13H,3-11,15H2,1-2H3. The van der Waals surface area contributed by atoms with E-state index in [2.05, 4.69) is 18.9 Å². The molecule has 1 aliphatic heterocycles. The first-order valence-corrected chi connectivity index (χ1v) is 9.36. The van der Waals surface area contributed by atoms with Crippen LogP contribution in [0.25, 0.3) is 0 Å². The molecule has 5 heteroatoms. The van der Waals surface area contributed by atoms with E-state index in [-0.39, 0.29) is 5.54 Å². The minimum absolute atomic E-state index is 0.0956. The molecule has 4 nitrogen and oxygen atoms in total. The molecular formula is C14H28N2O2S. The Bertz CT molecular complexity index is 394. The van der Waals surface area contributed by atoms with Crippen molar-refractivity contribution in [2.45, 2.75) is 57.0 Å². The van der Waals surface area contributed by atoms with Gasteiger partial charge in [-0.05, 0) is 38.6 Å². The van der Waals surface area contributed by atoms with E-state index in [0.29, 0.717) is 42.9 Å². The number of rotatable bonds is 3. The Morgan fingerprint density at radius 2 is 1.79 bits per heavy atom. The van der Waals surface area contributed by atoms with E-state index in [1.807, 2.05) is 0 Å². The van der Waals surface area contributed by atoms with E-state index in [0.717, 1.165) is 0 Å². The molecule has 0 aromatic rings. The van der Waals surface area contributed by atoms with Gasteiger partial charge in [0.15, 0.2) is 0 Å². The van der Waals surface area contributed by atoms with E-state index < -0.39 is 9.84 Å². The van der Waals surface area contributed by atoms with Gasteiger partial charge in [0, 0.05) is 18.1 Å². The smallest absolute Gasteiger partial charge is 0.150 e. The minimum Gasteiger partial charge on any atom is -0.329 e. The van der Waals surface area contributed by atoms with Crippen molar-refractivity contribution < 1.29 is 8.42 Å². The lowest BCUT2D eigenvalue weighted by molar-refractivity contribution is 0.0245. The van der Waals surface area contributed by atoms with E-state index in [4.69, 9.17) is 5.73 Å². The van der Waals surface area contributed by atoms with E-state index in [1.165, 1.54) is 25.7 Å². The summed E-state index contributed by atoms with van der Waals surface area (Å²) in [7, 11) is -0.660. The van der Waals surface area contributed by atoms with Crippen LogP contribution in [0.2, 0.25) is 0 Å². The lowest BCUT2D eigenvalue weighted by Gasteiger charge is -2.50. The van der Waals surface area contributed by atoms with Gasteiger partial charge in [0.1, 0.15) is 9.84 Å². The number of nitrogens with zero attached hydrogens (tertiary/aromatic N) is 1. The maximum absolute atomic E-state index is 11.7. The van der Waals surface area contributed by atoms with Crippen molar-refractivity contribution in [1.82, 2.24) is 4.90 Å². The van der Waals surface area contributed by atoms with Gasteiger partial charge in [-0.1, -0.05) is 19.8 Å². The third-order valence-electron chi connectivity index (χ3n) is 5.45. The quantitative estimate of drug-likeness (QED) is 0.853. The molecule has 1 saturated heterocycles. The third-order valence-corrected chi connectivity index (χ3v) is 7.10. The fraction of sp³-hybridized carbons (Fsp3) is 1.00. The maximum Gasteiger partial charge on any atom is 0.150 e. The average molecular weight is 288 g/mol. The minimum atomic E-state index is -2.82. The van der Waals surface area contributed by atoms with Crippen LogP contribution in [0.4, 0.5) is 0 Å². The summed E-state index contributed by atoms with van der Waals surface area (Å²) in [5.74, 6) is 1.30. The van der Waals surface area contributed by atoms with Gasteiger partial charge in [0.2, 0.25) is 0 Å². The zero-order chi connectivity index (χ0) is 14.1.